The van der Waals surface area contributed by atoms with Crippen LogP contribution >= 0.6 is 0 Å². The van der Waals surface area contributed by atoms with Gasteiger partial charge in [0.15, 0.2) is 17.7 Å². The standard InChI is InChI=1S/C14H21N7O4/c1-2-3-4-17-20-14-18-11(15)8-12(19-14)21(6-16-8)13-10(24)9(23)7(5-22)25-13/h4,6-7,9-10,13,22-24H,2-3,5H2,1H3,(H3,15,18,19,20)/b17-4+/t7-,9-,10-,13-/m1/s1. The lowest BCUT2D eigenvalue weighted by molar-refractivity contribution is -0.0511. The van der Waals surface area contributed by atoms with Crippen LogP contribution in [0.3, 0.4) is 0 Å². The van der Waals surface area contributed by atoms with E-state index < -0.39 is 31.1 Å². The zero-order chi connectivity index (χ0) is 18.0. The molecule has 11 heteroatoms. The second-order valence-electron chi connectivity index (χ2n) is 5.70. The largest absolute Gasteiger partial charge is 0.394 e. The zero-order valence-corrected chi connectivity index (χ0v) is 13.6. The van der Waals surface area contributed by atoms with E-state index in [1.54, 1.807) is 6.21 Å². The lowest BCUT2D eigenvalue weighted by Gasteiger charge is -2.16. The van der Waals surface area contributed by atoms with E-state index in [4.69, 9.17) is 10.5 Å². The van der Waals surface area contributed by atoms with E-state index in [1.807, 2.05) is 6.92 Å². The summed E-state index contributed by atoms with van der Waals surface area (Å²) in [6.07, 6.45) is 0.548. The van der Waals surface area contributed by atoms with Gasteiger partial charge >= 0.3 is 0 Å². The summed E-state index contributed by atoms with van der Waals surface area (Å²) in [7, 11) is 0. The quantitative estimate of drug-likeness (QED) is 0.331. The number of ether oxygens (including phenoxy) is 1. The Kier molecular flexibility index (Phi) is 5.08. The number of nitrogens with one attached hydrogen (secondary N) is 1. The SMILES string of the molecule is CCC/C=N/Nc1nc(N)c2ncn([C@@H]3O[C@H](CO)[C@@H](O)[C@H]3O)c2n1. The van der Waals surface area contributed by atoms with Gasteiger partial charge in [0.2, 0.25) is 5.95 Å². The van der Waals surface area contributed by atoms with Gasteiger partial charge in [-0.15, -0.1) is 0 Å². The van der Waals surface area contributed by atoms with Gasteiger partial charge in [-0.1, -0.05) is 13.3 Å². The molecule has 2 aromatic heterocycles. The van der Waals surface area contributed by atoms with Crippen molar-refractivity contribution in [2.45, 2.75) is 44.3 Å². The Balaban J connectivity index is 1.93. The number of anilines is 2. The molecule has 0 spiro atoms. The van der Waals surface area contributed by atoms with Crippen molar-refractivity contribution in [3.8, 4) is 0 Å². The van der Waals surface area contributed by atoms with Gasteiger partial charge in [0, 0.05) is 6.21 Å². The van der Waals surface area contributed by atoms with E-state index in [9.17, 15) is 15.3 Å². The van der Waals surface area contributed by atoms with Gasteiger partial charge in [-0.2, -0.15) is 15.1 Å². The first kappa shape index (κ1) is 17.5. The van der Waals surface area contributed by atoms with Gasteiger partial charge < -0.3 is 25.8 Å². The molecule has 6 N–H and O–H groups in total. The van der Waals surface area contributed by atoms with Crippen molar-refractivity contribution in [1.82, 2.24) is 19.5 Å². The zero-order valence-electron chi connectivity index (χ0n) is 13.6. The number of unbranched alkanes of at least 4 members (excludes halogenated alkanes) is 1. The van der Waals surface area contributed by atoms with Gasteiger partial charge in [-0.3, -0.25) is 4.57 Å². The van der Waals surface area contributed by atoms with Crippen LogP contribution < -0.4 is 11.2 Å². The number of aromatic nitrogens is 4. The Morgan fingerprint density at radius 1 is 1.40 bits per heavy atom. The maximum atomic E-state index is 10.2. The summed E-state index contributed by atoms with van der Waals surface area (Å²) >= 11 is 0. The van der Waals surface area contributed by atoms with Gasteiger partial charge in [0.05, 0.1) is 12.9 Å². The molecule has 0 aliphatic carbocycles. The normalized spacial score (nSPS) is 26.7. The minimum Gasteiger partial charge on any atom is -0.394 e. The predicted octanol–water partition coefficient (Wildman–Crippen LogP) is -0.782. The molecule has 0 saturated carbocycles. The van der Waals surface area contributed by atoms with Crippen LogP contribution in [0, 0.1) is 0 Å². The van der Waals surface area contributed by atoms with E-state index in [2.05, 4.69) is 25.5 Å². The smallest absolute Gasteiger partial charge is 0.247 e. The second kappa shape index (κ2) is 7.27. The van der Waals surface area contributed by atoms with Crippen LogP contribution in [0.4, 0.5) is 11.8 Å². The van der Waals surface area contributed by atoms with Crippen molar-refractivity contribution in [3.05, 3.63) is 6.33 Å². The highest BCUT2D eigenvalue weighted by Crippen LogP contribution is 2.32. The molecule has 25 heavy (non-hydrogen) atoms. The van der Waals surface area contributed by atoms with Crippen LogP contribution in [0.5, 0.6) is 0 Å². The van der Waals surface area contributed by atoms with Crippen LogP contribution in [-0.4, -0.2) is 66.0 Å². The molecular weight excluding hydrogens is 330 g/mol. The second-order valence-corrected chi connectivity index (χ2v) is 5.70. The highest BCUT2D eigenvalue weighted by molar-refractivity contribution is 5.83. The highest BCUT2D eigenvalue weighted by atomic mass is 16.6. The molecule has 3 rings (SSSR count). The average Bonchev–Trinajstić information content (AvgIpc) is 3.14. The summed E-state index contributed by atoms with van der Waals surface area (Å²) in [6.45, 7) is 1.61. The van der Waals surface area contributed by atoms with E-state index in [1.165, 1.54) is 10.9 Å². The molecule has 1 aliphatic heterocycles. The molecule has 0 unspecified atom stereocenters. The van der Waals surface area contributed by atoms with E-state index in [-0.39, 0.29) is 11.8 Å². The minimum atomic E-state index is -1.25. The topological polar surface area (TPSA) is 164 Å². The first-order valence-corrected chi connectivity index (χ1v) is 7.96. The van der Waals surface area contributed by atoms with Crippen LogP contribution in [0.25, 0.3) is 11.2 Å². The number of aliphatic hydroxyl groups is 3. The third kappa shape index (κ3) is 3.26. The molecule has 0 aromatic carbocycles. The molecule has 1 fully saturated rings. The molecule has 1 saturated heterocycles. The van der Waals surface area contributed by atoms with Gasteiger partial charge in [0.1, 0.15) is 23.8 Å². The van der Waals surface area contributed by atoms with E-state index in [0.717, 1.165) is 12.8 Å². The first-order chi connectivity index (χ1) is 12.1. The van der Waals surface area contributed by atoms with Crippen LogP contribution in [0.2, 0.25) is 0 Å². The molecule has 11 nitrogen and oxygen atoms in total. The van der Waals surface area contributed by atoms with Crippen LogP contribution in [0.15, 0.2) is 11.4 Å². The van der Waals surface area contributed by atoms with Crippen LogP contribution in [0.1, 0.15) is 26.0 Å². The maximum Gasteiger partial charge on any atom is 0.247 e. The van der Waals surface area contributed by atoms with Crippen LogP contribution in [-0.2, 0) is 4.74 Å². The Morgan fingerprint density at radius 3 is 2.88 bits per heavy atom. The molecule has 4 atom stereocenters. The number of nitrogens with two attached hydrogens (primary N) is 1. The van der Waals surface area contributed by atoms with Crippen molar-refractivity contribution >= 4 is 29.1 Å². The maximum absolute atomic E-state index is 10.2. The number of nitrogen functional groups attached to an aromatic ring is 1. The summed E-state index contributed by atoms with van der Waals surface area (Å²) in [5, 5.41) is 33.3. The molecule has 0 bridgehead atoms. The number of imidazole rings is 1. The summed E-state index contributed by atoms with van der Waals surface area (Å²) in [4.78, 5) is 12.5. The predicted molar refractivity (Wildman–Crippen MR) is 89.8 cm³/mol. The molecule has 136 valence electrons. The first-order valence-electron chi connectivity index (χ1n) is 7.96. The fraction of sp³-hybridized carbons (Fsp3) is 0.571. The van der Waals surface area contributed by atoms with Crippen molar-refractivity contribution in [2.75, 3.05) is 17.8 Å². The van der Waals surface area contributed by atoms with Crippen molar-refractivity contribution < 1.29 is 20.1 Å². The van der Waals surface area contributed by atoms with Gasteiger partial charge in [-0.05, 0) is 6.42 Å². The van der Waals surface area contributed by atoms with Crippen molar-refractivity contribution in [2.24, 2.45) is 5.10 Å². The lowest BCUT2D eigenvalue weighted by Crippen LogP contribution is -2.33. The monoisotopic (exact) mass is 351 g/mol. The summed E-state index contributed by atoms with van der Waals surface area (Å²) in [5.41, 5.74) is 9.25. The Labute approximate surface area is 143 Å². The van der Waals surface area contributed by atoms with Gasteiger partial charge in [-0.25, -0.2) is 10.4 Å². The Morgan fingerprint density at radius 2 is 2.20 bits per heavy atom. The number of nitrogens with zero attached hydrogens (tertiary/aromatic N) is 5. The molecule has 2 aromatic rings. The van der Waals surface area contributed by atoms with Crippen molar-refractivity contribution in [1.29, 1.82) is 0 Å². The lowest BCUT2D eigenvalue weighted by atomic mass is 10.1. The third-order valence-corrected chi connectivity index (χ3v) is 3.91. The minimum absolute atomic E-state index is 0.142. The molecule has 0 amide bonds. The summed E-state index contributed by atoms with van der Waals surface area (Å²) in [5.74, 6) is 0.314. The summed E-state index contributed by atoms with van der Waals surface area (Å²) in [6, 6.07) is 0. The molecular formula is C14H21N7O4. The van der Waals surface area contributed by atoms with Gasteiger partial charge in [0.25, 0.3) is 0 Å². The summed E-state index contributed by atoms with van der Waals surface area (Å²) < 4.78 is 6.94. The number of hydrazone groups is 1. The Bertz CT molecular complexity index is 765. The Hall–Kier alpha value is -2.34. The highest BCUT2D eigenvalue weighted by Gasteiger charge is 2.44. The number of aliphatic hydroxyl groups excluding tert-OH is 3. The number of hydrogen-bond acceptors (Lipinski definition) is 10. The van der Waals surface area contributed by atoms with E-state index in [0.29, 0.717) is 11.2 Å². The molecule has 0 radical (unpaired) electrons. The number of fused-ring (bicyclic) bond motifs is 1. The number of hydrogen-bond donors (Lipinski definition) is 5. The fourth-order valence-corrected chi connectivity index (χ4v) is 2.58. The fourth-order valence-electron chi connectivity index (χ4n) is 2.58. The van der Waals surface area contributed by atoms with E-state index >= 15 is 0 Å². The number of rotatable bonds is 6. The third-order valence-electron chi connectivity index (χ3n) is 3.91. The molecule has 3 heterocycles. The molecule has 1 aliphatic rings. The average molecular weight is 351 g/mol. The van der Waals surface area contributed by atoms with Crippen molar-refractivity contribution in [3.63, 3.8) is 0 Å².